The number of benzene rings is 1. The van der Waals surface area contributed by atoms with E-state index in [0.29, 0.717) is 23.4 Å². The van der Waals surface area contributed by atoms with E-state index in [1.807, 2.05) is 26.0 Å². The number of carbonyl (C=O) groups is 2. The Kier molecular flexibility index (Phi) is 6.36. The molecule has 1 heterocycles. The van der Waals surface area contributed by atoms with Crippen LogP contribution in [0.3, 0.4) is 0 Å². The second-order valence-corrected chi connectivity index (χ2v) is 5.93. The number of furan rings is 1. The predicted octanol–water partition coefficient (Wildman–Crippen LogP) is 2.64. The fourth-order valence-electron chi connectivity index (χ4n) is 2.55. The first-order valence-corrected chi connectivity index (χ1v) is 8.33. The van der Waals surface area contributed by atoms with Gasteiger partial charge in [-0.25, -0.2) is 0 Å². The van der Waals surface area contributed by atoms with Crippen molar-refractivity contribution in [3.8, 4) is 0 Å². The zero-order chi connectivity index (χ0) is 18.4. The van der Waals surface area contributed by atoms with Crippen LogP contribution < -0.4 is 10.6 Å². The van der Waals surface area contributed by atoms with Gasteiger partial charge in [-0.1, -0.05) is 19.1 Å². The molecule has 3 N–H and O–H groups in total. The fraction of sp³-hybridized carbons (Fsp3) is 0.368. The molecule has 1 unspecified atom stereocenters. The molecular weight excluding hydrogens is 320 g/mol. The van der Waals surface area contributed by atoms with Gasteiger partial charge in [-0.2, -0.15) is 0 Å². The van der Waals surface area contributed by atoms with E-state index in [2.05, 4.69) is 10.6 Å². The third-order valence-electron chi connectivity index (χ3n) is 3.97. The molecule has 0 spiro atoms. The van der Waals surface area contributed by atoms with Crippen molar-refractivity contribution in [2.24, 2.45) is 0 Å². The molecule has 1 atom stereocenters. The first-order chi connectivity index (χ1) is 11.9. The van der Waals surface area contributed by atoms with E-state index in [9.17, 15) is 14.7 Å². The summed E-state index contributed by atoms with van der Waals surface area (Å²) in [4.78, 5) is 23.7. The van der Waals surface area contributed by atoms with Crippen LogP contribution in [0, 0.1) is 13.8 Å². The summed E-state index contributed by atoms with van der Waals surface area (Å²) in [6, 6.07) is 9.10. The van der Waals surface area contributed by atoms with Crippen LogP contribution >= 0.6 is 0 Å². The fourth-order valence-corrected chi connectivity index (χ4v) is 2.55. The molecule has 0 aliphatic heterocycles. The van der Waals surface area contributed by atoms with Gasteiger partial charge in [-0.15, -0.1) is 0 Å². The van der Waals surface area contributed by atoms with Crippen molar-refractivity contribution in [3.63, 3.8) is 0 Å². The van der Waals surface area contributed by atoms with Crippen molar-refractivity contribution in [1.29, 1.82) is 0 Å². The zero-order valence-corrected chi connectivity index (χ0v) is 14.8. The molecule has 2 amide bonds. The average molecular weight is 344 g/mol. The number of carbonyl (C=O) groups excluding carboxylic acids is 2. The van der Waals surface area contributed by atoms with Crippen LogP contribution in [0.5, 0.6) is 0 Å². The predicted molar refractivity (Wildman–Crippen MR) is 95.2 cm³/mol. The van der Waals surface area contributed by atoms with Gasteiger partial charge in [-0.05, 0) is 50.5 Å². The Bertz CT molecular complexity index is 734. The lowest BCUT2D eigenvalue weighted by atomic mass is 10.1. The van der Waals surface area contributed by atoms with E-state index in [0.717, 1.165) is 17.7 Å². The maximum absolute atomic E-state index is 11.9. The first kappa shape index (κ1) is 18.7. The molecule has 6 heteroatoms. The van der Waals surface area contributed by atoms with E-state index in [1.165, 1.54) is 0 Å². The zero-order valence-electron chi connectivity index (χ0n) is 14.8. The van der Waals surface area contributed by atoms with Gasteiger partial charge in [-0.3, -0.25) is 9.59 Å². The van der Waals surface area contributed by atoms with Gasteiger partial charge in [0.2, 0.25) is 0 Å². The average Bonchev–Trinajstić information content (AvgIpc) is 2.93. The summed E-state index contributed by atoms with van der Waals surface area (Å²) in [6.45, 7) is 5.82. The van der Waals surface area contributed by atoms with Crippen LogP contribution in [-0.4, -0.2) is 23.5 Å². The highest BCUT2D eigenvalue weighted by molar-refractivity contribution is 6.39. The number of amides is 2. The number of aliphatic hydroxyl groups excluding tert-OH is 1. The van der Waals surface area contributed by atoms with Crippen molar-refractivity contribution in [2.75, 3.05) is 11.9 Å². The Morgan fingerprint density at radius 1 is 1.16 bits per heavy atom. The molecule has 134 valence electrons. The second kappa shape index (κ2) is 8.48. The van der Waals surface area contributed by atoms with Gasteiger partial charge >= 0.3 is 11.8 Å². The van der Waals surface area contributed by atoms with Gasteiger partial charge < -0.3 is 20.2 Å². The molecule has 1 aromatic heterocycles. The molecule has 0 aliphatic carbocycles. The van der Waals surface area contributed by atoms with Crippen molar-refractivity contribution < 1.29 is 19.1 Å². The van der Waals surface area contributed by atoms with Crippen molar-refractivity contribution >= 4 is 17.5 Å². The summed E-state index contributed by atoms with van der Waals surface area (Å²) in [5.41, 5.74) is 2.43. The van der Waals surface area contributed by atoms with E-state index < -0.39 is 17.9 Å². The topological polar surface area (TPSA) is 91.6 Å². The van der Waals surface area contributed by atoms with Crippen LogP contribution in [0.4, 0.5) is 5.69 Å². The van der Waals surface area contributed by atoms with E-state index in [-0.39, 0.29) is 6.54 Å². The lowest BCUT2D eigenvalue weighted by Crippen LogP contribution is -2.36. The molecule has 25 heavy (non-hydrogen) atoms. The molecule has 0 saturated carbocycles. The number of rotatable bonds is 6. The third kappa shape index (κ3) is 5.19. The number of hydrogen-bond donors (Lipinski definition) is 3. The van der Waals surface area contributed by atoms with Crippen molar-refractivity contribution in [2.45, 2.75) is 39.7 Å². The standard InChI is InChI=1S/C19H24N2O4/c1-4-14-5-7-15(8-6-14)21-19(24)18(23)20-10-9-17(22)16-11-12(2)25-13(16)3/h5-8,11,17,22H,4,9-10H2,1-3H3,(H,20,23)(H,21,24). The summed E-state index contributed by atoms with van der Waals surface area (Å²) in [5.74, 6) is -0.0745. The lowest BCUT2D eigenvalue weighted by Gasteiger charge is -2.11. The van der Waals surface area contributed by atoms with Crippen molar-refractivity contribution in [3.05, 3.63) is 53.0 Å². The molecule has 2 rings (SSSR count). The molecule has 1 aromatic carbocycles. The SMILES string of the molecule is CCc1ccc(NC(=O)C(=O)NCCC(O)c2cc(C)oc2C)cc1. The minimum Gasteiger partial charge on any atom is -0.466 e. The van der Waals surface area contributed by atoms with Gasteiger partial charge in [0.25, 0.3) is 0 Å². The number of aryl methyl sites for hydroxylation is 3. The second-order valence-electron chi connectivity index (χ2n) is 5.93. The summed E-state index contributed by atoms with van der Waals surface area (Å²) >= 11 is 0. The van der Waals surface area contributed by atoms with Crippen LogP contribution in [0.1, 0.15) is 42.1 Å². The highest BCUT2D eigenvalue weighted by Gasteiger charge is 2.17. The Balaban J connectivity index is 1.79. The van der Waals surface area contributed by atoms with E-state index in [4.69, 9.17) is 4.42 Å². The third-order valence-corrected chi connectivity index (χ3v) is 3.97. The molecule has 0 bridgehead atoms. The van der Waals surface area contributed by atoms with E-state index >= 15 is 0 Å². The van der Waals surface area contributed by atoms with E-state index in [1.54, 1.807) is 25.1 Å². The molecular formula is C19H24N2O4. The van der Waals surface area contributed by atoms with Gasteiger partial charge in [0, 0.05) is 17.8 Å². The van der Waals surface area contributed by atoms with Crippen LogP contribution in [0.2, 0.25) is 0 Å². The Hall–Kier alpha value is -2.60. The number of hydrogen-bond acceptors (Lipinski definition) is 4. The molecule has 0 fully saturated rings. The minimum atomic E-state index is -0.748. The largest absolute Gasteiger partial charge is 0.466 e. The summed E-state index contributed by atoms with van der Waals surface area (Å²) in [7, 11) is 0. The number of nitrogens with one attached hydrogen (secondary N) is 2. The van der Waals surface area contributed by atoms with Gasteiger partial charge in [0.05, 0.1) is 6.10 Å². The Labute approximate surface area is 147 Å². The highest BCUT2D eigenvalue weighted by Crippen LogP contribution is 2.23. The minimum absolute atomic E-state index is 0.186. The quantitative estimate of drug-likeness (QED) is 0.703. The first-order valence-electron chi connectivity index (χ1n) is 8.33. The molecule has 2 aromatic rings. The Morgan fingerprint density at radius 3 is 2.40 bits per heavy atom. The Morgan fingerprint density at radius 2 is 1.84 bits per heavy atom. The molecule has 6 nitrogen and oxygen atoms in total. The molecule has 0 radical (unpaired) electrons. The molecule has 0 saturated heterocycles. The highest BCUT2D eigenvalue weighted by atomic mass is 16.3. The summed E-state index contributed by atoms with van der Waals surface area (Å²) in [5, 5.41) is 15.2. The van der Waals surface area contributed by atoms with Gasteiger partial charge in [0.15, 0.2) is 0 Å². The molecule has 0 aliphatic rings. The van der Waals surface area contributed by atoms with Crippen LogP contribution in [0.25, 0.3) is 0 Å². The number of anilines is 1. The van der Waals surface area contributed by atoms with Gasteiger partial charge in [0.1, 0.15) is 11.5 Å². The van der Waals surface area contributed by atoms with Crippen LogP contribution in [-0.2, 0) is 16.0 Å². The maximum Gasteiger partial charge on any atom is 0.313 e. The van der Waals surface area contributed by atoms with Crippen LogP contribution in [0.15, 0.2) is 34.7 Å². The monoisotopic (exact) mass is 344 g/mol. The smallest absolute Gasteiger partial charge is 0.313 e. The summed E-state index contributed by atoms with van der Waals surface area (Å²) in [6.07, 6.45) is 0.457. The lowest BCUT2D eigenvalue weighted by molar-refractivity contribution is -0.136. The van der Waals surface area contributed by atoms with Crippen molar-refractivity contribution in [1.82, 2.24) is 5.32 Å². The summed E-state index contributed by atoms with van der Waals surface area (Å²) < 4.78 is 5.37. The normalized spacial score (nSPS) is 11.8. The maximum atomic E-state index is 11.9. The number of aliphatic hydroxyl groups is 1.